The largest absolute Gasteiger partial charge is 0.353 e. The first kappa shape index (κ1) is 15.0. The van der Waals surface area contributed by atoms with E-state index in [4.69, 9.17) is 0 Å². The monoisotopic (exact) mass is 296 g/mol. The van der Waals surface area contributed by atoms with Gasteiger partial charge in [0, 0.05) is 29.0 Å². The zero-order chi connectivity index (χ0) is 15.2. The van der Waals surface area contributed by atoms with Gasteiger partial charge in [0.1, 0.15) is 0 Å². The fourth-order valence-corrected chi connectivity index (χ4v) is 2.85. The Morgan fingerprint density at radius 3 is 2.68 bits per heavy atom. The Bertz CT molecular complexity index is 732. The van der Waals surface area contributed by atoms with Crippen LogP contribution in [0, 0.1) is 0 Å². The number of aromatic nitrogens is 2. The molecule has 4 nitrogen and oxygen atoms in total. The molecule has 0 aliphatic rings. The summed E-state index contributed by atoms with van der Waals surface area (Å²) >= 11 is 0. The average Bonchev–Trinajstić information content (AvgIpc) is 2.93. The van der Waals surface area contributed by atoms with E-state index < -0.39 is 0 Å². The molecule has 2 heterocycles. The van der Waals surface area contributed by atoms with Gasteiger partial charge in [0.05, 0.1) is 11.2 Å². The van der Waals surface area contributed by atoms with Crippen LogP contribution in [-0.4, -0.2) is 29.6 Å². The SMILES string of the molecule is CCNCCCCNCc1nccc2c1[nH]c1ccccc12. The van der Waals surface area contributed by atoms with E-state index in [2.05, 4.69) is 57.9 Å². The lowest BCUT2D eigenvalue weighted by molar-refractivity contribution is 0.588. The van der Waals surface area contributed by atoms with E-state index in [0.29, 0.717) is 0 Å². The van der Waals surface area contributed by atoms with E-state index in [1.54, 1.807) is 0 Å². The van der Waals surface area contributed by atoms with Crippen LogP contribution in [0.3, 0.4) is 0 Å². The van der Waals surface area contributed by atoms with Crippen molar-refractivity contribution in [3.05, 3.63) is 42.2 Å². The lowest BCUT2D eigenvalue weighted by Gasteiger charge is -2.06. The summed E-state index contributed by atoms with van der Waals surface area (Å²) in [4.78, 5) is 8.05. The number of para-hydroxylation sites is 1. The van der Waals surface area contributed by atoms with E-state index >= 15 is 0 Å². The Kier molecular flexibility index (Phi) is 5.03. The van der Waals surface area contributed by atoms with Crippen molar-refractivity contribution in [3.63, 3.8) is 0 Å². The molecule has 0 aliphatic heterocycles. The van der Waals surface area contributed by atoms with Gasteiger partial charge in [-0.2, -0.15) is 0 Å². The van der Waals surface area contributed by atoms with Crippen molar-refractivity contribution in [3.8, 4) is 0 Å². The minimum atomic E-state index is 0.811. The molecule has 3 rings (SSSR count). The number of pyridine rings is 1. The minimum Gasteiger partial charge on any atom is -0.353 e. The summed E-state index contributed by atoms with van der Waals surface area (Å²) in [6.07, 6.45) is 4.31. The number of aromatic amines is 1. The van der Waals surface area contributed by atoms with Gasteiger partial charge in [-0.3, -0.25) is 4.98 Å². The molecular formula is C18H24N4. The van der Waals surface area contributed by atoms with E-state index in [1.807, 2.05) is 6.20 Å². The van der Waals surface area contributed by atoms with Crippen LogP contribution >= 0.6 is 0 Å². The van der Waals surface area contributed by atoms with Crippen LogP contribution in [0.4, 0.5) is 0 Å². The third-order valence-electron chi connectivity index (χ3n) is 4.01. The molecule has 0 atom stereocenters. The second-order valence-corrected chi connectivity index (χ2v) is 5.59. The number of H-pyrrole nitrogens is 1. The van der Waals surface area contributed by atoms with Crippen molar-refractivity contribution in [1.82, 2.24) is 20.6 Å². The first-order valence-corrected chi connectivity index (χ1v) is 8.16. The highest BCUT2D eigenvalue weighted by Gasteiger charge is 2.08. The van der Waals surface area contributed by atoms with Crippen molar-refractivity contribution < 1.29 is 0 Å². The van der Waals surface area contributed by atoms with Gasteiger partial charge in [-0.1, -0.05) is 25.1 Å². The van der Waals surface area contributed by atoms with Crippen molar-refractivity contribution in [1.29, 1.82) is 0 Å². The summed E-state index contributed by atoms with van der Waals surface area (Å²) in [5.41, 5.74) is 3.43. The van der Waals surface area contributed by atoms with Crippen LogP contribution < -0.4 is 10.6 Å². The molecule has 0 aliphatic carbocycles. The van der Waals surface area contributed by atoms with Crippen LogP contribution in [0.15, 0.2) is 36.5 Å². The molecule has 2 aromatic heterocycles. The van der Waals surface area contributed by atoms with Gasteiger partial charge in [0.25, 0.3) is 0 Å². The van der Waals surface area contributed by atoms with E-state index in [1.165, 1.54) is 29.1 Å². The molecule has 0 saturated heterocycles. The summed E-state index contributed by atoms with van der Waals surface area (Å²) in [5, 5.41) is 9.38. The number of hydrogen-bond donors (Lipinski definition) is 3. The van der Waals surface area contributed by atoms with Gasteiger partial charge < -0.3 is 15.6 Å². The van der Waals surface area contributed by atoms with Crippen LogP contribution in [0.2, 0.25) is 0 Å². The first-order chi connectivity index (χ1) is 10.9. The predicted molar refractivity (Wildman–Crippen MR) is 93.1 cm³/mol. The Labute approximate surface area is 131 Å². The van der Waals surface area contributed by atoms with Gasteiger partial charge in [-0.15, -0.1) is 0 Å². The fraction of sp³-hybridized carbons (Fsp3) is 0.389. The van der Waals surface area contributed by atoms with Crippen molar-refractivity contribution in [2.75, 3.05) is 19.6 Å². The van der Waals surface area contributed by atoms with Crippen LogP contribution in [-0.2, 0) is 6.54 Å². The Hall–Kier alpha value is -1.91. The minimum absolute atomic E-state index is 0.811. The van der Waals surface area contributed by atoms with Gasteiger partial charge in [-0.25, -0.2) is 0 Å². The summed E-state index contributed by atoms with van der Waals surface area (Å²) in [6, 6.07) is 10.5. The number of benzene rings is 1. The van der Waals surface area contributed by atoms with Gasteiger partial charge >= 0.3 is 0 Å². The smallest absolute Gasteiger partial charge is 0.0782 e. The number of fused-ring (bicyclic) bond motifs is 3. The van der Waals surface area contributed by atoms with Crippen molar-refractivity contribution in [2.24, 2.45) is 0 Å². The van der Waals surface area contributed by atoms with Crippen LogP contribution in [0.1, 0.15) is 25.5 Å². The summed E-state index contributed by atoms with van der Waals surface area (Å²) < 4.78 is 0. The molecular weight excluding hydrogens is 272 g/mol. The lowest BCUT2D eigenvalue weighted by Crippen LogP contribution is -2.19. The molecule has 0 unspecified atom stereocenters. The number of unbranched alkanes of at least 4 members (excludes halogenated alkanes) is 1. The van der Waals surface area contributed by atoms with Gasteiger partial charge in [0.15, 0.2) is 0 Å². The second kappa shape index (κ2) is 7.38. The molecule has 0 amide bonds. The maximum atomic E-state index is 4.54. The maximum Gasteiger partial charge on any atom is 0.0782 e. The molecule has 116 valence electrons. The quantitative estimate of drug-likeness (QED) is 0.560. The molecule has 0 saturated carbocycles. The fourth-order valence-electron chi connectivity index (χ4n) is 2.85. The first-order valence-electron chi connectivity index (χ1n) is 8.16. The number of nitrogens with one attached hydrogen (secondary N) is 3. The molecule has 22 heavy (non-hydrogen) atoms. The molecule has 0 bridgehead atoms. The number of nitrogens with zero attached hydrogens (tertiary/aromatic N) is 1. The highest BCUT2D eigenvalue weighted by atomic mass is 14.9. The Balaban J connectivity index is 1.64. The second-order valence-electron chi connectivity index (χ2n) is 5.59. The van der Waals surface area contributed by atoms with Gasteiger partial charge in [0.2, 0.25) is 0 Å². The molecule has 0 spiro atoms. The molecule has 3 N–H and O–H groups in total. The van der Waals surface area contributed by atoms with Crippen LogP contribution in [0.25, 0.3) is 21.8 Å². The highest BCUT2D eigenvalue weighted by molar-refractivity contribution is 6.07. The normalized spacial score (nSPS) is 11.5. The highest BCUT2D eigenvalue weighted by Crippen LogP contribution is 2.26. The zero-order valence-electron chi connectivity index (χ0n) is 13.2. The predicted octanol–water partition coefficient (Wildman–Crippen LogP) is 3.20. The van der Waals surface area contributed by atoms with Crippen LogP contribution in [0.5, 0.6) is 0 Å². The molecule has 4 heteroatoms. The van der Waals surface area contributed by atoms with E-state index in [-0.39, 0.29) is 0 Å². The molecule has 1 aromatic carbocycles. The lowest BCUT2D eigenvalue weighted by atomic mass is 10.1. The van der Waals surface area contributed by atoms with E-state index in [0.717, 1.165) is 37.4 Å². The summed E-state index contributed by atoms with van der Waals surface area (Å²) in [7, 11) is 0. The van der Waals surface area contributed by atoms with E-state index in [9.17, 15) is 0 Å². The summed E-state index contributed by atoms with van der Waals surface area (Å²) in [5.74, 6) is 0. The number of hydrogen-bond acceptors (Lipinski definition) is 3. The molecule has 3 aromatic rings. The Morgan fingerprint density at radius 2 is 1.82 bits per heavy atom. The third-order valence-corrected chi connectivity index (χ3v) is 4.01. The average molecular weight is 296 g/mol. The molecule has 0 radical (unpaired) electrons. The van der Waals surface area contributed by atoms with Crippen molar-refractivity contribution in [2.45, 2.75) is 26.3 Å². The number of rotatable bonds is 8. The topological polar surface area (TPSA) is 52.7 Å². The third kappa shape index (κ3) is 3.29. The molecule has 0 fully saturated rings. The standard InChI is InChI=1S/C18H24N4/c1-2-19-10-5-6-11-20-13-17-18-15(9-12-21-17)14-7-3-4-8-16(14)22-18/h3-4,7-9,12,19-20,22H,2,5-6,10-11,13H2,1H3. The maximum absolute atomic E-state index is 4.54. The summed E-state index contributed by atoms with van der Waals surface area (Å²) in [6.45, 7) is 6.15. The zero-order valence-corrected chi connectivity index (χ0v) is 13.2. The van der Waals surface area contributed by atoms with Gasteiger partial charge in [-0.05, 0) is 44.6 Å². The Morgan fingerprint density at radius 1 is 1.00 bits per heavy atom. The van der Waals surface area contributed by atoms with Crippen molar-refractivity contribution >= 4 is 21.8 Å².